The Labute approximate surface area is 98.1 Å². The number of hydrogen-bond acceptors (Lipinski definition) is 5. The monoisotopic (exact) mass is 235 g/mol. The molecule has 0 N–H and O–H groups in total. The standard InChI is InChI=1S/C10H13N5O2/c1-4-17-10(16)8-12-9(15(3)13-8)7-5-11-6-14(7)2/h5-6H,4H2,1-3H3. The normalized spacial score (nSPS) is 10.5. The third-order valence-electron chi connectivity index (χ3n) is 2.27. The number of aryl methyl sites for hydroxylation is 2. The zero-order valence-corrected chi connectivity index (χ0v) is 9.91. The molecule has 2 aromatic rings. The number of hydrogen-bond donors (Lipinski definition) is 0. The van der Waals surface area contributed by atoms with E-state index in [4.69, 9.17) is 4.74 Å². The van der Waals surface area contributed by atoms with Crippen LogP contribution in [0.25, 0.3) is 11.5 Å². The van der Waals surface area contributed by atoms with Gasteiger partial charge in [0.05, 0.1) is 19.1 Å². The number of imidazole rings is 1. The first-order chi connectivity index (χ1) is 8.13. The predicted molar refractivity (Wildman–Crippen MR) is 59.2 cm³/mol. The number of carbonyl (C=O) groups excluding carboxylic acids is 1. The Morgan fingerprint density at radius 3 is 2.82 bits per heavy atom. The van der Waals surface area contributed by atoms with E-state index in [0.717, 1.165) is 5.69 Å². The van der Waals surface area contributed by atoms with Crippen LogP contribution in [0.5, 0.6) is 0 Å². The highest BCUT2D eigenvalue weighted by molar-refractivity contribution is 5.85. The fourth-order valence-corrected chi connectivity index (χ4v) is 1.46. The molecule has 0 saturated carbocycles. The SMILES string of the molecule is CCOC(=O)c1nc(-c2cncn2C)n(C)n1. The summed E-state index contributed by atoms with van der Waals surface area (Å²) in [4.78, 5) is 19.6. The molecule has 0 radical (unpaired) electrons. The minimum absolute atomic E-state index is 0.0607. The van der Waals surface area contributed by atoms with Gasteiger partial charge in [-0.2, -0.15) is 4.98 Å². The van der Waals surface area contributed by atoms with E-state index in [9.17, 15) is 4.79 Å². The van der Waals surface area contributed by atoms with Gasteiger partial charge in [-0.3, -0.25) is 0 Å². The van der Waals surface area contributed by atoms with E-state index in [1.807, 2.05) is 7.05 Å². The number of aromatic nitrogens is 5. The van der Waals surface area contributed by atoms with Crippen molar-refractivity contribution < 1.29 is 9.53 Å². The molecular formula is C10H13N5O2. The Morgan fingerprint density at radius 1 is 1.47 bits per heavy atom. The first-order valence-electron chi connectivity index (χ1n) is 5.18. The first-order valence-corrected chi connectivity index (χ1v) is 5.18. The summed E-state index contributed by atoms with van der Waals surface area (Å²) in [5.41, 5.74) is 0.788. The van der Waals surface area contributed by atoms with Crippen molar-refractivity contribution in [2.24, 2.45) is 14.1 Å². The number of rotatable bonds is 3. The van der Waals surface area contributed by atoms with Crippen molar-refractivity contribution in [3.05, 3.63) is 18.3 Å². The second-order valence-electron chi connectivity index (χ2n) is 3.49. The van der Waals surface area contributed by atoms with Gasteiger partial charge in [0.15, 0.2) is 5.82 Å². The largest absolute Gasteiger partial charge is 0.460 e. The average molecular weight is 235 g/mol. The van der Waals surface area contributed by atoms with Crippen molar-refractivity contribution in [3.8, 4) is 11.5 Å². The lowest BCUT2D eigenvalue weighted by Crippen LogP contribution is -2.07. The molecule has 2 heterocycles. The van der Waals surface area contributed by atoms with Gasteiger partial charge in [0.25, 0.3) is 5.82 Å². The number of nitrogens with zero attached hydrogens (tertiary/aromatic N) is 5. The quantitative estimate of drug-likeness (QED) is 0.719. The van der Waals surface area contributed by atoms with E-state index in [1.165, 1.54) is 4.68 Å². The lowest BCUT2D eigenvalue weighted by Gasteiger charge is -1.99. The maximum Gasteiger partial charge on any atom is 0.378 e. The van der Waals surface area contributed by atoms with Crippen LogP contribution < -0.4 is 0 Å². The van der Waals surface area contributed by atoms with Crippen molar-refractivity contribution in [1.82, 2.24) is 24.3 Å². The van der Waals surface area contributed by atoms with Gasteiger partial charge < -0.3 is 9.30 Å². The summed E-state index contributed by atoms with van der Waals surface area (Å²) in [6, 6.07) is 0. The molecule has 0 aromatic carbocycles. The van der Waals surface area contributed by atoms with E-state index < -0.39 is 5.97 Å². The molecule has 0 atom stereocenters. The molecule has 7 heteroatoms. The first kappa shape index (κ1) is 11.3. The third kappa shape index (κ3) is 2.03. The third-order valence-corrected chi connectivity index (χ3v) is 2.27. The van der Waals surface area contributed by atoms with Crippen LogP contribution in [-0.2, 0) is 18.8 Å². The molecule has 0 bridgehead atoms. The Kier molecular flexibility index (Phi) is 2.90. The van der Waals surface area contributed by atoms with Crippen LogP contribution >= 0.6 is 0 Å². The van der Waals surface area contributed by atoms with Gasteiger partial charge in [-0.25, -0.2) is 14.5 Å². The summed E-state index contributed by atoms with van der Waals surface area (Å²) in [5, 5.41) is 4.02. The van der Waals surface area contributed by atoms with Crippen molar-refractivity contribution in [1.29, 1.82) is 0 Å². The molecule has 7 nitrogen and oxygen atoms in total. The smallest absolute Gasteiger partial charge is 0.378 e. The predicted octanol–water partition coefficient (Wildman–Crippen LogP) is 0.392. The van der Waals surface area contributed by atoms with Crippen molar-refractivity contribution in [3.63, 3.8) is 0 Å². The van der Waals surface area contributed by atoms with Gasteiger partial charge in [0.1, 0.15) is 5.69 Å². The lowest BCUT2D eigenvalue weighted by atomic mass is 10.4. The fourth-order valence-electron chi connectivity index (χ4n) is 1.46. The van der Waals surface area contributed by atoms with Gasteiger partial charge in [-0.05, 0) is 6.92 Å². The molecule has 2 rings (SSSR count). The summed E-state index contributed by atoms with van der Waals surface area (Å²) < 4.78 is 8.18. The summed E-state index contributed by atoms with van der Waals surface area (Å²) in [6.07, 6.45) is 3.33. The van der Waals surface area contributed by atoms with Crippen LogP contribution in [0.15, 0.2) is 12.5 Å². The second kappa shape index (κ2) is 4.36. The van der Waals surface area contributed by atoms with Gasteiger partial charge >= 0.3 is 5.97 Å². The molecule has 0 saturated heterocycles. The van der Waals surface area contributed by atoms with Gasteiger partial charge in [0, 0.05) is 14.1 Å². The maximum atomic E-state index is 11.5. The molecule has 0 unspecified atom stereocenters. The van der Waals surface area contributed by atoms with E-state index in [-0.39, 0.29) is 5.82 Å². The zero-order valence-electron chi connectivity index (χ0n) is 9.91. The molecule has 0 fully saturated rings. The summed E-state index contributed by atoms with van der Waals surface area (Å²) in [5.74, 6) is 0.120. The van der Waals surface area contributed by atoms with Gasteiger partial charge in [0.2, 0.25) is 0 Å². The molecule has 17 heavy (non-hydrogen) atoms. The number of carbonyl (C=O) groups is 1. The molecule has 0 aliphatic rings. The van der Waals surface area contributed by atoms with Crippen molar-refractivity contribution in [2.45, 2.75) is 6.92 Å². The topological polar surface area (TPSA) is 74.8 Å². The maximum absolute atomic E-state index is 11.5. The van der Waals surface area contributed by atoms with E-state index in [0.29, 0.717) is 12.4 Å². The molecule has 0 aliphatic heterocycles. The van der Waals surface area contributed by atoms with E-state index in [1.54, 1.807) is 31.1 Å². The van der Waals surface area contributed by atoms with Crippen molar-refractivity contribution in [2.75, 3.05) is 6.61 Å². The Hall–Kier alpha value is -2.18. The van der Waals surface area contributed by atoms with Crippen LogP contribution in [-0.4, -0.2) is 36.9 Å². The second-order valence-corrected chi connectivity index (χ2v) is 3.49. The van der Waals surface area contributed by atoms with Crippen LogP contribution in [0.1, 0.15) is 17.5 Å². The highest BCUT2D eigenvalue weighted by atomic mass is 16.5. The van der Waals surface area contributed by atoms with Gasteiger partial charge in [-0.1, -0.05) is 0 Å². The fraction of sp³-hybridized carbons (Fsp3) is 0.400. The molecule has 0 spiro atoms. The Morgan fingerprint density at radius 2 is 2.24 bits per heavy atom. The molecule has 2 aromatic heterocycles. The van der Waals surface area contributed by atoms with E-state index in [2.05, 4.69) is 15.1 Å². The summed E-state index contributed by atoms with van der Waals surface area (Å²) >= 11 is 0. The number of ether oxygens (including phenoxy) is 1. The molecule has 0 aliphatic carbocycles. The molecule has 0 amide bonds. The number of esters is 1. The Bertz CT molecular complexity index is 543. The zero-order chi connectivity index (χ0) is 12.4. The van der Waals surface area contributed by atoms with Crippen LogP contribution in [0.3, 0.4) is 0 Å². The minimum Gasteiger partial charge on any atom is -0.460 e. The van der Waals surface area contributed by atoms with Crippen LogP contribution in [0, 0.1) is 0 Å². The molecule has 90 valence electrons. The summed E-state index contributed by atoms with van der Waals surface area (Å²) in [7, 11) is 3.57. The average Bonchev–Trinajstić information content (AvgIpc) is 2.85. The van der Waals surface area contributed by atoms with E-state index >= 15 is 0 Å². The molecular weight excluding hydrogens is 222 g/mol. The Balaban J connectivity index is 2.38. The highest BCUT2D eigenvalue weighted by Gasteiger charge is 2.18. The van der Waals surface area contributed by atoms with Crippen molar-refractivity contribution >= 4 is 5.97 Å². The van der Waals surface area contributed by atoms with Gasteiger partial charge in [-0.15, -0.1) is 5.10 Å². The van der Waals surface area contributed by atoms with Crippen LogP contribution in [0.4, 0.5) is 0 Å². The lowest BCUT2D eigenvalue weighted by molar-refractivity contribution is 0.0512. The highest BCUT2D eigenvalue weighted by Crippen LogP contribution is 2.15. The minimum atomic E-state index is -0.517. The summed E-state index contributed by atoms with van der Waals surface area (Å²) in [6.45, 7) is 2.04. The van der Waals surface area contributed by atoms with Crippen LogP contribution in [0.2, 0.25) is 0 Å².